The van der Waals surface area contributed by atoms with Crippen molar-refractivity contribution in [1.29, 1.82) is 0 Å². The molecule has 86 valence electrons. The molecule has 2 rings (SSSR count). The summed E-state index contributed by atoms with van der Waals surface area (Å²) in [6.45, 7) is 0.923. The Labute approximate surface area is 96.0 Å². The number of esters is 1. The number of nitrogens with zero attached hydrogens (tertiary/aromatic N) is 1. The van der Waals surface area contributed by atoms with Crippen LogP contribution in [0.25, 0.3) is 0 Å². The van der Waals surface area contributed by atoms with E-state index in [0.29, 0.717) is 12.3 Å². The topological polar surface area (TPSA) is 29.5 Å². The van der Waals surface area contributed by atoms with Crippen LogP contribution in [0.5, 0.6) is 0 Å². The summed E-state index contributed by atoms with van der Waals surface area (Å²) in [6, 6.07) is 8.36. The third kappa shape index (κ3) is 2.18. The Morgan fingerprint density at radius 3 is 3.00 bits per heavy atom. The lowest BCUT2D eigenvalue weighted by molar-refractivity contribution is -0.141. The van der Waals surface area contributed by atoms with Gasteiger partial charge >= 0.3 is 5.97 Å². The van der Waals surface area contributed by atoms with Crippen molar-refractivity contribution in [2.45, 2.75) is 12.8 Å². The van der Waals surface area contributed by atoms with Gasteiger partial charge in [-0.3, -0.25) is 4.79 Å². The molecule has 3 heteroatoms. The van der Waals surface area contributed by atoms with Gasteiger partial charge in [-0.25, -0.2) is 0 Å². The number of carbonyl (C=O) groups is 1. The van der Waals surface area contributed by atoms with Crippen LogP contribution in [0.3, 0.4) is 0 Å². The van der Waals surface area contributed by atoms with Crippen LogP contribution >= 0.6 is 0 Å². The number of anilines is 1. The molecule has 0 fully saturated rings. The number of rotatable bonds is 2. The molecule has 1 aliphatic rings. The van der Waals surface area contributed by atoms with E-state index in [2.05, 4.69) is 30.1 Å². The quantitative estimate of drug-likeness (QED) is 0.711. The van der Waals surface area contributed by atoms with E-state index in [-0.39, 0.29) is 5.97 Å². The normalized spacial score (nSPS) is 19.1. The first-order valence-electron chi connectivity index (χ1n) is 5.56. The second kappa shape index (κ2) is 4.56. The molecule has 0 saturated heterocycles. The summed E-state index contributed by atoms with van der Waals surface area (Å²) in [5, 5.41) is 0. The smallest absolute Gasteiger partial charge is 0.305 e. The van der Waals surface area contributed by atoms with Gasteiger partial charge in [0.2, 0.25) is 0 Å². The van der Waals surface area contributed by atoms with Crippen LogP contribution in [0.1, 0.15) is 12.0 Å². The van der Waals surface area contributed by atoms with Gasteiger partial charge in [-0.05, 0) is 24.0 Å². The molecule has 0 radical (unpaired) electrons. The fraction of sp³-hybridized carbons (Fsp3) is 0.462. The summed E-state index contributed by atoms with van der Waals surface area (Å²) in [5.74, 6) is 0.255. The molecule has 1 aliphatic heterocycles. The number of ether oxygens (including phenoxy) is 1. The van der Waals surface area contributed by atoms with Crippen LogP contribution in [-0.2, 0) is 16.0 Å². The van der Waals surface area contributed by atoms with Gasteiger partial charge in [-0.1, -0.05) is 18.2 Å². The van der Waals surface area contributed by atoms with Crippen molar-refractivity contribution >= 4 is 11.7 Å². The molecular formula is C13H17NO2. The van der Waals surface area contributed by atoms with Gasteiger partial charge in [0.25, 0.3) is 0 Å². The molecule has 1 atom stereocenters. The molecule has 0 spiro atoms. The van der Waals surface area contributed by atoms with Gasteiger partial charge < -0.3 is 9.64 Å². The molecule has 16 heavy (non-hydrogen) atoms. The van der Waals surface area contributed by atoms with Crippen LogP contribution in [-0.4, -0.2) is 26.7 Å². The zero-order valence-corrected chi connectivity index (χ0v) is 9.77. The van der Waals surface area contributed by atoms with Crippen LogP contribution < -0.4 is 4.90 Å². The van der Waals surface area contributed by atoms with E-state index in [1.54, 1.807) is 0 Å². The van der Waals surface area contributed by atoms with E-state index in [1.165, 1.54) is 18.4 Å². The molecule has 0 aromatic heterocycles. The predicted molar refractivity (Wildman–Crippen MR) is 63.5 cm³/mol. The highest BCUT2D eigenvalue weighted by Gasteiger charge is 2.23. The number of carbonyl (C=O) groups excluding carboxylic acids is 1. The highest BCUT2D eigenvalue weighted by Crippen LogP contribution is 2.29. The fourth-order valence-corrected chi connectivity index (χ4v) is 2.37. The first kappa shape index (κ1) is 11.0. The third-order valence-electron chi connectivity index (χ3n) is 3.13. The highest BCUT2D eigenvalue weighted by atomic mass is 16.5. The maximum Gasteiger partial charge on any atom is 0.305 e. The number of hydrogen-bond donors (Lipinski definition) is 0. The molecule has 0 bridgehead atoms. The number of benzene rings is 1. The van der Waals surface area contributed by atoms with Gasteiger partial charge in [0.1, 0.15) is 0 Å². The van der Waals surface area contributed by atoms with Crippen molar-refractivity contribution in [2.75, 3.05) is 25.6 Å². The van der Waals surface area contributed by atoms with Crippen molar-refractivity contribution in [1.82, 2.24) is 0 Å². The molecule has 1 unspecified atom stereocenters. The first-order valence-corrected chi connectivity index (χ1v) is 5.56. The van der Waals surface area contributed by atoms with E-state index >= 15 is 0 Å². The van der Waals surface area contributed by atoms with Crippen molar-refractivity contribution in [3.8, 4) is 0 Å². The minimum atomic E-state index is -0.113. The number of hydrogen-bond acceptors (Lipinski definition) is 3. The Morgan fingerprint density at radius 2 is 2.25 bits per heavy atom. The molecule has 1 aromatic rings. The van der Waals surface area contributed by atoms with Gasteiger partial charge in [-0.15, -0.1) is 0 Å². The molecule has 1 aromatic carbocycles. The molecule has 0 N–H and O–H groups in total. The standard InChI is InChI=1S/C13H17NO2/c1-14-9-10(8-13(15)16-2)7-11-5-3-4-6-12(11)14/h3-6,10H,7-9H2,1-2H3. The molecule has 1 heterocycles. The summed E-state index contributed by atoms with van der Waals surface area (Å²) >= 11 is 0. The third-order valence-corrected chi connectivity index (χ3v) is 3.13. The number of methoxy groups -OCH3 is 1. The van der Waals surface area contributed by atoms with Crippen LogP contribution in [0, 0.1) is 5.92 Å². The van der Waals surface area contributed by atoms with E-state index in [0.717, 1.165) is 13.0 Å². The molecule has 0 saturated carbocycles. The largest absolute Gasteiger partial charge is 0.469 e. The Kier molecular flexibility index (Phi) is 3.13. The Balaban J connectivity index is 2.12. The van der Waals surface area contributed by atoms with Crippen molar-refractivity contribution in [3.63, 3.8) is 0 Å². The monoisotopic (exact) mass is 219 g/mol. The molecule has 0 amide bonds. The number of para-hydroxylation sites is 1. The van der Waals surface area contributed by atoms with E-state index in [1.807, 2.05) is 6.07 Å². The van der Waals surface area contributed by atoms with Gasteiger partial charge in [0.05, 0.1) is 13.5 Å². The average Bonchev–Trinajstić information content (AvgIpc) is 2.29. The molecule has 3 nitrogen and oxygen atoms in total. The Bertz CT molecular complexity index is 389. The Morgan fingerprint density at radius 1 is 1.50 bits per heavy atom. The fourth-order valence-electron chi connectivity index (χ4n) is 2.37. The second-order valence-corrected chi connectivity index (χ2v) is 4.36. The zero-order valence-electron chi connectivity index (χ0n) is 9.77. The number of fused-ring (bicyclic) bond motifs is 1. The summed E-state index contributed by atoms with van der Waals surface area (Å²) < 4.78 is 4.72. The first-order chi connectivity index (χ1) is 7.70. The molecular weight excluding hydrogens is 202 g/mol. The highest BCUT2D eigenvalue weighted by molar-refractivity contribution is 5.70. The van der Waals surface area contributed by atoms with Gasteiger partial charge in [0, 0.05) is 19.3 Å². The Hall–Kier alpha value is -1.51. The van der Waals surface area contributed by atoms with E-state index in [4.69, 9.17) is 4.74 Å². The lowest BCUT2D eigenvalue weighted by Gasteiger charge is -2.32. The van der Waals surface area contributed by atoms with Gasteiger partial charge in [0.15, 0.2) is 0 Å². The van der Waals surface area contributed by atoms with E-state index < -0.39 is 0 Å². The minimum Gasteiger partial charge on any atom is -0.469 e. The zero-order chi connectivity index (χ0) is 11.5. The lowest BCUT2D eigenvalue weighted by Crippen LogP contribution is -2.33. The van der Waals surface area contributed by atoms with Crippen LogP contribution in [0.4, 0.5) is 5.69 Å². The van der Waals surface area contributed by atoms with E-state index in [9.17, 15) is 4.79 Å². The SMILES string of the molecule is COC(=O)CC1Cc2ccccc2N(C)C1. The van der Waals surface area contributed by atoms with Crippen molar-refractivity contribution in [2.24, 2.45) is 5.92 Å². The maximum atomic E-state index is 11.3. The summed E-state index contributed by atoms with van der Waals surface area (Å²) in [4.78, 5) is 13.5. The maximum absolute atomic E-state index is 11.3. The van der Waals surface area contributed by atoms with Gasteiger partial charge in [-0.2, -0.15) is 0 Å². The minimum absolute atomic E-state index is 0.113. The molecule has 0 aliphatic carbocycles. The summed E-state index contributed by atoms with van der Waals surface area (Å²) in [6.07, 6.45) is 1.48. The van der Waals surface area contributed by atoms with Crippen LogP contribution in [0.15, 0.2) is 24.3 Å². The van der Waals surface area contributed by atoms with Crippen molar-refractivity contribution < 1.29 is 9.53 Å². The van der Waals surface area contributed by atoms with Crippen molar-refractivity contribution in [3.05, 3.63) is 29.8 Å². The van der Waals surface area contributed by atoms with Crippen LogP contribution in [0.2, 0.25) is 0 Å². The average molecular weight is 219 g/mol. The predicted octanol–water partition coefficient (Wildman–Crippen LogP) is 1.86. The second-order valence-electron chi connectivity index (χ2n) is 4.36. The summed E-state index contributed by atoms with van der Waals surface area (Å²) in [7, 11) is 3.52. The summed E-state index contributed by atoms with van der Waals surface area (Å²) in [5.41, 5.74) is 2.61. The lowest BCUT2D eigenvalue weighted by atomic mass is 9.90.